The highest BCUT2D eigenvalue weighted by Crippen LogP contribution is 2.33. The first-order valence-corrected chi connectivity index (χ1v) is 7.76. The molecule has 1 amide bonds. The molecule has 1 heterocycles. The lowest BCUT2D eigenvalue weighted by atomic mass is 9.81. The predicted octanol–water partition coefficient (Wildman–Crippen LogP) is -1.05. The molecule has 9 heteroatoms. The van der Waals surface area contributed by atoms with Crippen LogP contribution in [0.4, 0.5) is 0 Å². The summed E-state index contributed by atoms with van der Waals surface area (Å²) in [6.45, 7) is 0.828. The normalized spacial score (nSPS) is 18.8. The Hall–Kier alpha value is -2.78. The number of carbonyl (C=O) groups excluding carboxylic acids is 2. The Morgan fingerprint density at radius 1 is 1.20 bits per heavy atom. The number of amides is 1. The maximum absolute atomic E-state index is 12.4. The molecule has 2 unspecified atom stereocenters. The third-order valence-corrected chi connectivity index (χ3v) is 4.41. The fourth-order valence-electron chi connectivity index (χ4n) is 3.21. The monoisotopic (exact) mass is 347 g/mol. The molecule has 1 aromatic rings. The van der Waals surface area contributed by atoms with Gasteiger partial charge in [-0.1, -0.05) is 24.3 Å². The average molecular weight is 347 g/mol. The van der Waals surface area contributed by atoms with Gasteiger partial charge < -0.3 is 22.4 Å². The van der Waals surface area contributed by atoms with E-state index in [-0.39, 0.29) is 0 Å². The van der Waals surface area contributed by atoms with Crippen LogP contribution in [0.2, 0.25) is 0 Å². The van der Waals surface area contributed by atoms with E-state index in [2.05, 4.69) is 5.10 Å². The van der Waals surface area contributed by atoms with E-state index in [4.69, 9.17) is 17.3 Å². The molecule has 1 aromatic carbocycles. The zero-order valence-electron chi connectivity index (χ0n) is 13.6. The van der Waals surface area contributed by atoms with E-state index in [0.29, 0.717) is 24.2 Å². The fourth-order valence-corrected chi connectivity index (χ4v) is 3.21. The zero-order chi connectivity index (χ0) is 18.6. The van der Waals surface area contributed by atoms with Gasteiger partial charge in [-0.15, -0.1) is 0 Å². The van der Waals surface area contributed by atoms with Gasteiger partial charge in [0.25, 0.3) is 5.78 Å². The van der Waals surface area contributed by atoms with Crippen molar-refractivity contribution in [2.24, 2.45) is 22.4 Å². The number of nitrogens with two attached hydrogens (primary N) is 3. The second-order valence-electron chi connectivity index (χ2n) is 5.93. The van der Waals surface area contributed by atoms with Crippen molar-refractivity contribution in [1.29, 1.82) is 0 Å². The summed E-state index contributed by atoms with van der Waals surface area (Å²) in [5, 5.41) is 12.6. The topological polar surface area (TPSA) is 165 Å². The van der Waals surface area contributed by atoms with Crippen LogP contribution in [0, 0.1) is 0 Å². The predicted molar refractivity (Wildman–Crippen MR) is 90.5 cm³/mol. The SMILES string of the molecule is NN=Cc1ccc(C(C(N)=O)C(N)(C(=O)C(=O)O)N2CCCC2)cc1. The van der Waals surface area contributed by atoms with Gasteiger partial charge in [-0.3, -0.25) is 14.5 Å². The van der Waals surface area contributed by atoms with Crippen LogP contribution in [-0.2, 0) is 14.4 Å². The summed E-state index contributed by atoms with van der Waals surface area (Å²) in [5.74, 6) is -0.0479. The van der Waals surface area contributed by atoms with Gasteiger partial charge in [0.15, 0.2) is 5.66 Å². The molecule has 1 aliphatic heterocycles. The number of hydrazone groups is 1. The minimum absolute atomic E-state index is 0.352. The number of rotatable bonds is 7. The molecule has 2 rings (SSSR count). The van der Waals surface area contributed by atoms with Crippen molar-refractivity contribution in [3.05, 3.63) is 35.4 Å². The number of carbonyl (C=O) groups is 3. The largest absolute Gasteiger partial charge is 0.475 e. The quantitative estimate of drug-likeness (QED) is 0.211. The Morgan fingerprint density at radius 3 is 2.20 bits per heavy atom. The summed E-state index contributed by atoms with van der Waals surface area (Å²) < 4.78 is 0. The van der Waals surface area contributed by atoms with Crippen molar-refractivity contribution in [1.82, 2.24) is 4.90 Å². The summed E-state index contributed by atoms with van der Waals surface area (Å²) in [6.07, 6.45) is 2.91. The van der Waals surface area contributed by atoms with Crippen molar-refractivity contribution in [3.8, 4) is 0 Å². The molecule has 0 spiro atoms. The standard InChI is InChI=1S/C16H21N5O4/c17-14(23)12(11-5-3-10(4-6-11)9-20-19)16(18,13(22)15(24)25)21-7-1-2-8-21/h3-6,9,12H,1-2,7-8,18-19H2,(H2,17,23)(H,24,25). The summed E-state index contributed by atoms with van der Waals surface area (Å²) in [4.78, 5) is 37.5. The maximum atomic E-state index is 12.4. The molecule has 7 N–H and O–H groups in total. The molecular weight excluding hydrogens is 326 g/mol. The van der Waals surface area contributed by atoms with Gasteiger partial charge in [0.05, 0.1) is 6.21 Å². The summed E-state index contributed by atoms with van der Waals surface area (Å²) in [5.41, 5.74) is 10.8. The Balaban J connectivity index is 2.54. The molecule has 0 aromatic heterocycles. The molecule has 1 saturated heterocycles. The number of primary amides is 1. The first-order valence-electron chi connectivity index (χ1n) is 7.76. The minimum atomic E-state index is -2.04. The van der Waals surface area contributed by atoms with Crippen LogP contribution in [0.25, 0.3) is 0 Å². The highest BCUT2D eigenvalue weighted by atomic mass is 16.4. The number of hydrogen-bond donors (Lipinski definition) is 4. The van der Waals surface area contributed by atoms with E-state index in [0.717, 1.165) is 12.8 Å². The first-order chi connectivity index (χ1) is 11.8. The molecular formula is C16H21N5O4. The van der Waals surface area contributed by atoms with Crippen molar-refractivity contribution in [2.75, 3.05) is 13.1 Å². The van der Waals surface area contributed by atoms with Crippen LogP contribution in [0.1, 0.15) is 29.9 Å². The van der Waals surface area contributed by atoms with Crippen LogP contribution >= 0.6 is 0 Å². The summed E-state index contributed by atoms with van der Waals surface area (Å²) in [7, 11) is 0. The maximum Gasteiger partial charge on any atom is 0.375 e. The number of benzene rings is 1. The molecule has 134 valence electrons. The van der Waals surface area contributed by atoms with E-state index >= 15 is 0 Å². The van der Waals surface area contributed by atoms with Gasteiger partial charge in [-0.25, -0.2) is 4.79 Å². The van der Waals surface area contributed by atoms with Crippen LogP contribution in [0.3, 0.4) is 0 Å². The number of aliphatic carboxylic acids is 1. The molecule has 9 nitrogen and oxygen atoms in total. The van der Waals surface area contributed by atoms with Crippen LogP contribution < -0.4 is 17.3 Å². The molecule has 1 aliphatic rings. The van der Waals surface area contributed by atoms with E-state index in [1.54, 1.807) is 24.3 Å². The van der Waals surface area contributed by atoms with Crippen molar-refractivity contribution < 1.29 is 19.5 Å². The van der Waals surface area contributed by atoms with E-state index in [1.165, 1.54) is 11.1 Å². The zero-order valence-corrected chi connectivity index (χ0v) is 13.6. The fraction of sp³-hybridized carbons (Fsp3) is 0.375. The smallest absolute Gasteiger partial charge is 0.375 e. The summed E-state index contributed by atoms with van der Waals surface area (Å²) >= 11 is 0. The van der Waals surface area contributed by atoms with Crippen molar-refractivity contribution in [3.63, 3.8) is 0 Å². The van der Waals surface area contributed by atoms with E-state index in [9.17, 15) is 19.5 Å². The van der Waals surface area contributed by atoms with Crippen molar-refractivity contribution in [2.45, 2.75) is 24.4 Å². The van der Waals surface area contributed by atoms with Crippen LogP contribution in [0.5, 0.6) is 0 Å². The lowest BCUT2D eigenvalue weighted by Crippen LogP contribution is -2.68. The number of likely N-dealkylation sites (tertiary alicyclic amines) is 1. The second kappa shape index (κ2) is 7.41. The molecule has 0 saturated carbocycles. The van der Waals surface area contributed by atoms with E-state index < -0.39 is 29.2 Å². The second-order valence-corrected chi connectivity index (χ2v) is 5.93. The Morgan fingerprint density at radius 2 is 1.76 bits per heavy atom. The molecule has 0 bridgehead atoms. The Labute approximate surface area is 144 Å². The number of ketones is 1. The number of carboxylic acids is 1. The molecule has 1 fully saturated rings. The number of carboxylic acid groups (broad SMARTS) is 1. The Bertz CT molecular complexity index is 697. The van der Waals surface area contributed by atoms with Gasteiger partial charge in [0.2, 0.25) is 5.91 Å². The number of hydrogen-bond acceptors (Lipinski definition) is 7. The molecule has 0 aliphatic carbocycles. The van der Waals surface area contributed by atoms with Gasteiger partial charge in [0.1, 0.15) is 5.92 Å². The highest BCUT2D eigenvalue weighted by Gasteiger charge is 2.53. The van der Waals surface area contributed by atoms with E-state index in [1.807, 2.05) is 0 Å². The van der Waals surface area contributed by atoms with Gasteiger partial charge in [-0.05, 0) is 24.0 Å². The van der Waals surface area contributed by atoms with Gasteiger partial charge in [-0.2, -0.15) is 5.10 Å². The molecule has 2 atom stereocenters. The van der Waals surface area contributed by atoms with Crippen LogP contribution in [-0.4, -0.2) is 52.6 Å². The lowest BCUT2D eigenvalue weighted by molar-refractivity contribution is -0.157. The number of nitrogens with zero attached hydrogens (tertiary/aromatic N) is 2. The molecule has 0 radical (unpaired) electrons. The van der Waals surface area contributed by atoms with Gasteiger partial charge >= 0.3 is 5.97 Å². The minimum Gasteiger partial charge on any atom is -0.475 e. The first kappa shape index (κ1) is 18.6. The Kier molecular flexibility index (Phi) is 5.50. The van der Waals surface area contributed by atoms with Crippen LogP contribution in [0.15, 0.2) is 29.4 Å². The summed E-state index contributed by atoms with van der Waals surface area (Å²) in [6, 6.07) is 6.35. The third-order valence-electron chi connectivity index (χ3n) is 4.41. The average Bonchev–Trinajstić information content (AvgIpc) is 3.10. The van der Waals surface area contributed by atoms with Gasteiger partial charge in [0, 0.05) is 13.1 Å². The number of Topliss-reactive ketones (excluding diaryl/α,β-unsaturated/α-hetero) is 1. The highest BCUT2D eigenvalue weighted by molar-refractivity contribution is 6.37. The van der Waals surface area contributed by atoms with Crippen molar-refractivity contribution >= 4 is 23.9 Å². The third kappa shape index (κ3) is 3.52. The lowest BCUT2D eigenvalue weighted by Gasteiger charge is -2.40. The molecule has 25 heavy (non-hydrogen) atoms.